The summed E-state index contributed by atoms with van der Waals surface area (Å²) in [5, 5.41) is 0. The summed E-state index contributed by atoms with van der Waals surface area (Å²) in [7, 11) is 0. The Labute approximate surface area is 117 Å². The number of hydrogen-bond donors (Lipinski definition) is 0. The van der Waals surface area contributed by atoms with E-state index >= 15 is 0 Å². The van der Waals surface area contributed by atoms with Crippen molar-refractivity contribution < 1.29 is 14.4 Å². The highest BCUT2D eigenvalue weighted by Gasteiger charge is 2.59. The first kappa shape index (κ1) is 14.2. The van der Waals surface area contributed by atoms with Gasteiger partial charge in [0.2, 0.25) is 17.9 Å². The third-order valence-corrected chi connectivity index (χ3v) is 4.04. The number of β-lactam (4-membered cyclic amide) rings is 2. The van der Waals surface area contributed by atoms with Crippen LogP contribution in [-0.2, 0) is 14.4 Å². The zero-order valence-corrected chi connectivity index (χ0v) is 11.8. The lowest BCUT2D eigenvalue weighted by molar-refractivity contribution is -0.153. The maximum absolute atomic E-state index is 12.4. The molecule has 5 nitrogen and oxygen atoms in total. The van der Waals surface area contributed by atoms with E-state index < -0.39 is 5.41 Å². The summed E-state index contributed by atoms with van der Waals surface area (Å²) in [6, 6.07) is 4.93. The predicted molar refractivity (Wildman–Crippen MR) is 74.5 cm³/mol. The number of aliphatic imine (C=N–C) groups is 1. The molecule has 5 heteroatoms. The van der Waals surface area contributed by atoms with E-state index in [0.717, 1.165) is 5.56 Å². The number of isocyanates is 1. The van der Waals surface area contributed by atoms with Gasteiger partial charge in [-0.1, -0.05) is 19.9 Å². The molecule has 0 unspecified atom stereocenters. The summed E-state index contributed by atoms with van der Waals surface area (Å²) in [5.74, 6) is -0.356. The molecular weight excluding hydrogens is 256 g/mol. The maximum Gasteiger partial charge on any atom is 0.249 e. The van der Waals surface area contributed by atoms with Gasteiger partial charge in [0.1, 0.15) is 5.41 Å². The number of carbonyl (C=O) groups is 2. The summed E-state index contributed by atoms with van der Waals surface area (Å²) >= 11 is 0. The number of amides is 2. The Morgan fingerprint density at radius 3 is 2.30 bits per heavy atom. The van der Waals surface area contributed by atoms with Gasteiger partial charge in [0.05, 0.1) is 11.4 Å². The number of rotatable bonds is 4. The van der Waals surface area contributed by atoms with Crippen molar-refractivity contribution in [1.29, 1.82) is 0 Å². The Bertz CT molecular complexity index is 608. The average molecular weight is 272 g/mol. The van der Waals surface area contributed by atoms with Crippen LogP contribution in [0.1, 0.15) is 32.3 Å². The van der Waals surface area contributed by atoms with Crippen molar-refractivity contribution in [3.63, 3.8) is 0 Å². The van der Waals surface area contributed by atoms with Crippen molar-refractivity contribution in [2.45, 2.75) is 33.6 Å². The first-order valence-electron chi connectivity index (χ1n) is 6.59. The standard InChI is InChI=1S/C15H16N2O3/c1-4-15(5-2)13(19)17(14(15)20)12-8-11(16-9-18)7-6-10(12)3/h6-8H,4-5H2,1-3H3. The summed E-state index contributed by atoms with van der Waals surface area (Å²) in [6.07, 6.45) is 2.46. The lowest BCUT2D eigenvalue weighted by Crippen LogP contribution is -2.66. The van der Waals surface area contributed by atoms with Crippen LogP contribution in [0.2, 0.25) is 0 Å². The van der Waals surface area contributed by atoms with Crippen LogP contribution >= 0.6 is 0 Å². The number of anilines is 1. The molecule has 1 aliphatic rings. The van der Waals surface area contributed by atoms with Crippen molar-refractivity contribution >= 4 is 29.3 Å². The summed E-state index contributed by atoms with van der Waals surface area (Å²) in [6.45, 7) is 5.50. The molecular formula is C15H16N2O3. The van der Waals surface area contributed by atoms with Gasteiger partial charge in [0, 0.05) is 0 Å². The van der Waals surface area contributed by atoms with Gasteiger partial charge in [-0.15, -0.1) is 0 Å². The van der Waals surface area contributed by atoms with E-state index in [1.165, 1.54) is 11.0 Å². The van der Waals surface area contributed by atoms with Gasteiger partial charge in [0.15, 0.2) is 0 Å². The first-order chi connectivity index (χ1) is 9.51. The Balaban J connectivity index is 2.44. The van der Waals surface area contributed by atoms with Crippen molar-refractivity contribution in [2.24, 2.45) is 10.4 Å². The molecule has 1 heterocycles. The Morgan fingerprint density at radius 2 is 1.80 bits per heavy atom. The third kappa shape index (κ3) is 1.79. The molecule has 104 valence electrons. The molecule has 20 heavy (non-hydrogen) atoms. The van der Waals surface area contributed by atoms with Gasteiger partial charge >= 0.3 is 0 Å². The molecule has 0 radical (unpaired) electrons. The number of hydrogen-bond acceptors (Lipinski definition) is 4. The zero-order chi connectivity index (χ0) is 14.9. The van der Waals surface area contributed by atoms with Crippen LogP contribution < -0.4 is 4.90 Å². The second-order valence-electron chi connectivity index (χ2n) is 4.91. The molecule has 2 amide bonds. The Morgan fingerprint density at radius 1 is 1.20 bits per heavy atom. The zero-order valence-electron chi connectivity index (χ0n) is 11.8. The van der Waals surface area contributed by atoms with Crippen molar-refractivity contribution in [3.8, 4) is 0 Å². The highest BCUT2D eigenvalue weighted by Crippen LogP contribution is 2.44. The van der Waals surface area contributed by atoms with E-state index in [4.69, 9.17) is 0 Å². The number of benzene rings is 1. The Hall–Kier alpha value is -2.26. The van der Waals surface area contributed by atoms with Crippen LogP contribution in [0.25, 0.3) is 0 Å². The predicted octanol–water partition coefficient (Wildman–Crippen LogP) is 2.64. The van der Waals surface area contributed by atoms with Gasteiger partial charge in [-0.05, 0) is 37.5 Å². The topological polar surface area (TPSA) is 66.8 Å². The Kier molecular flexibility index (Phi) is 3.55. The molecule has 1 saturated heterocycles. The number of carbonyl (C=O) groups excluding carboxylic acids is 3. The minimum absolute atomic E-state index is 0.178. The molecule has 0 aliphatic carbocycles. The van der Waals surface area contributed by atoms with E-state index in [1.54, 1.807) is 18.2 Å². The minimum Gasteiger partial charge on any atom is -0.273 e. The third-order valence-electron chi connectivity index (χ3n) is 4.04. The largest absolute Gasteiger partial charge is 0.273 e. The highest BCUT2D eigenvalue weighted by molar-refractivity contribution is 6.36. The lowest BCUT2D eigenvalue weighted by atomic mass is 9.72. The second kappa shape index (κ2) is 5.02. The molecule has 0 N–H and O–H groups in total. The maximum atomic E-state index is 12.4. The molecule has 0 saturated carbocycles. The van der Waals surface area contributed by atoms with Gasteiger partial charge in [0.25, 0.3) is 0 Å². The fraction of sp³-hybridized carbons (Fsp3) is 0.400. The molecule has 0 spiro atoms. The van der Waals surface area contributed by atoms with Gasteiger partial charge in [-0.2, -0.15) is 4.99 Å². The molecule has 0 aromatic heterocycles. The molecule has 1 aliphatic heterocycles. The lowest BCUT2D eigenvalue weighted by Gasteiger charge is -2.45. The normalized spacial score (nSPS) is 16.6. The van der Waals surface area contributed by atoms with Crippen LogP contribution in [0.3, 0.4) is 0 Å². The fourth-order valence-electron chi connectivity index (χ4n) is 2.59. The van der Waals surface area contributed by atoms with Crippen LogP contribution in [0.5, 0.6) is 0 Å². The molecule has 1 aromatic rings. The molecule has 1 aromatic carbocycles. The van der Waals surface area contributed by atoms with Crippen molar-refractivity contribution in [3.05, 3.63) is 23.8 Å². The van der Waals surface area contributed by atoms with E-state index in [2.05, 4.69) is 4.99 Å². The van der Waals surface area contributed by atoms with Crippen molar-refractivity contribution in [2.75, 3.05) is 4.90 Å². The summed E-state index contributed by atoms with van der Waals surface area (Å²) in [5.41, 5.74) is 0.786. The summed E-state index contributed by atoms with van der Waals surface area (Å²) < 4.78 is 0. The van der Waals surface area contributed by atoms with E-state index in [9.17, 15) is 14.4 Å². The van der Waals surface area contributed by atoms with Crippen LogP contribution in [0.4, 0.5) is 11.4 Å². The number of imide groups is 1. The van der Waals surface area contributed by atoms with Crippen LogP contribution in [0.15, 0.2) is 23.2 Å². The second-order valence-corrected chi connectivity index (χ2v) is 4.91. The van der Waals surface area contributed by atoms with Gasteiger partial charge in [-0.25, -0.2) is 9.69 Å². The van der Waals surface area contributed by atoms with Crippen molar-refractivity contribution in [1.82, 2.24) is 0 Å². The monoisotopic (exact) mass is 272 g/mol. The summed E-state index contributed by atoms with van der Waals surface area (Å²) in [4.78, 5) is 39.8. The molecule has 2 rings (SSSR count). The van der Waals surface area contributed by atoms with E-state index in [-0.39, 0.29) is 11.8 Å². The minimum atomic E-state index is -0.879. The number of nitrogens with zero attached hydrogens (tertiary/aromatic N) is 2. The fourth-order valence-corrected chi connectivity index (χ4v) is 2.59. The highest BCUT2D eigenvalue weighted by atomic mass is 16.2. The number of aryl methyl sites for hydroxylation is 1. The average Bonchev–Trinajstić information content (AvgIpc) is 2.44. The quantitative estimate of drug-likeness (QED) is 0.366. The molecule has 1 fully saturated rings. The molecule has 0 bridgehead atoms. The van der Waals surface area contributed by atoms with Gasteiger partial charge < -0.3 is 0 Å². The van der Waals surface area contributed by atoms with Gasteiger partial charge in [-0.3, -0.25) is 9.59 Å². The van der Waals surface area contributed by atoms with Crippen LogP contribution in [-0.4, -0.2) is 17.9 Å². The SMILES string of the molecule is CCC1(CC)C(=O)N(c2cc(N=C=O)ccc2C)C1=O. The first-order valence-corrected chi connectivity index (χ1v) is 6.59. The smallest absolute Gasteiger partial charge is 0.249 e. The molecule has 0 atom stereocenters. The van der Waals surface area contributed by atoms with E-state index in [0.29, 0.717) is 24.2 Å². The van der Waals surface area contributed by atoms with Crippen LogP contribution in [0, 0.1) is 12.3 Å². The van der Waals surface area contributed by atoms with E-state index in [1.807, 2.05) is 20.8 Å².